The summed E-state index contributed by atoms with van der Waals surface area (Å²) in [6, 6.07) is 6.08. The molecule has 4 nitrogen and oxygen atoms in total. The standard InChI is InChI=1S/C16H23NO3/c1-11(2)17-7-8-20-15(10-17)16(18)13-9-12(3)5-6-14(13)19-4/h5-6,9,11,15H,7-8,10H2,1-4H3. The first-order valence-corrected chi connectivity index (χ1v) is 7.07. The molecule has 110 valence electrons. The largest absolute Gasteiger partial charge is 0.496 e. The number of rotatable bonds is 4. The Morgan fingerprint density at radius 3 is 2.85 bits per heavy atom. The fraction of sp³-hybridized carbons (Fsp3) is 0.562. The van der Waals surface area contributed by atoms with Crippen LogP contribution in [0.5, 0.6) is 5.75 Å². The lowest BCUT2D eigenvalue weighted by Gasteiger charge is -2.34. The lowest BCUT2D eigenvalue weighted by molar-refractivity contribution is -0.0257. The van der Waals surface area contributed by atoms with Crippen molar-refractivity contribution in [3.63, 3.8) is 0 Å². The van der Waals surface area contributed by atoms with Crippen LogP contribution in [0.15, 0.2) is 18.2 Å². The number of nitrogens with zero attached hydrogens (tertiary/aromatic N) is 1. The van der Waals surface area contributed by atoms with Gasteiger partial charge in [-0.3, -0.25) is 9.69 Å². The normalized spacial score (nSPS) is 20.1. The van der Waals surface area contributed by atoms with E-state index in [1.54, 1.807) is 7.11 Å². The number of benzene rings is 1. The molecule has 1 aliphatic rings. The molecule has 0 spiro atoms. The van der Waals surface area contributed by atoms with Crippen molar-refractivity contribution >= 4 is 5.78 Å². The van der Waals surface area contributed by atoms with Crippen molar-refractivity contribution in [2.24, 2.45) is 0 Å². The molecule has 2 rings (SSSR count). The highest BCUT2D eigenvalue weighted by Crippen LogP contribution is 2.23. The van der Waals surface area contributed by atoms with Gasteiger partial charge in [-0.05, 0) is 32.9 Å². The summed E-state index contributed by atoms with van der Waals surface area (Å²) in [7, 11) is 1.59. The van der Waals surface area contributed by atoms with Gasteiger partial charge in [-0.15, -0.1) is 0 Å². The van der Waals surface area contributed by atoms with E-state index < -0.39 is 6.10 Å². The summed E-state index contributed by atoms with van der Waals surface area (Å²) in [5, 5.41) is 0. The van der Waals surface area contributed by atoms with Crippen LogP contribution in [0.4, 0.5) is 0 Å². The first-order chi connectivity index (χ1) is 9.52. The van der Waals surface area contributed by atoms with Crippen molar-refractivity contribution in [2.45, 2.75) is 32.9 Å². The van der Waals surface area contributed by atoms with E-state index in [4.69, 9.17) is 9.47 Å². The van der Waals surface area contributed by atoms with Crippen molar-refractivity contribution in [1.82, 2.24) is 4.90 Å². The smallest absolute Gasteiger partial charge is 0.196 e. The molecule has 0 amide bonds. The fourth-order valence-electron chi connectivity index (χ4n) is 2.48. The quantitative estimate of drug-likeness (QED) is 0.792. The van der Waals surface area contributed by atoms with E-state index in [1.165, 1.54) is 0 Å². The Balaban J connectivity index is 2.20. The van der Waals surface area contributed by atoms with Gasteiger partial charge in [-0.25, -0.2) is 0 Å². The van der Waals surface area contributed by atoms with Gasteiger partial charge in [0.25, 0.3) is 0 Å². The molecule has 1 aliphatic heterocycles. The monoisotopic (exact) mass is 277 g/mol. The van der Waals surface area contributed by atoms with Gasteiger partial charge in [0.05, 0.1) is 19.3 Å². The van der Waals surface area contributed by atoms with Crippen molar-refractivity contribution in [3.8, 4) is 5.75 Å². The Morgan fingerprint density at radius 1 is 1.45 bits per heavy atom. The van der Waals surface area contributed by atoms with Crippen LogP contribution in [-0.2, 0) is 4.74 Å². The lowest BCUT2D eigenvalue weighted by atomic mass is 10.0. The van der Waals surface area contributed by atoms with Crippen molar-refractivity contribution < 1.29 is 14.3 Å². The zero-order valence-corrected chi connectivity index (χ0v) is 12.7. The molecule has 20 heavy (non-hydrogen) atoms. The number of carbonyl (C=O) groups is 1. The number of hydrogen-bond donors (Lipinski definition) is 0. The van der Waals surface area contributed by atoms with Gasteiger partial charge in [-0.1, -0.05) is 11.6 Å². The van der Waals surface area contributed by atoms with E-state index in [1.807, 2.05) is 25.1 Å². The van der Waals surface area contributed by atoms with Gasteiger partial charge < -0.3 is 9.47 Å². The number of carbonyl (C=O) groups excluding carboxylic acids is 1. The van der Waals surface area contributed by atoms with Crippen LogP contribution in [0.2, 0.25) is 0 Å². The molecule has 0 radical (unpaired) electrons. The second kappa shape index (κ2) is 6.37. The minimum atomic E-state index is -0.401. The zero-order valence-electron chi connectivity index (χ0n) is 12.7. The predicted molar refractivity (Wildman–Crippen MR) is 78.5 cm³/mol. The maximum atomic E-state index is 12.7. The highest BCUT2D eigenvalue weighted by molar-refractivity contribution is 6.02. The molecule has 0 aliphatic carbocycles. The summed E-state index contributed by atoms with van der Waals surface area (Å²) in [6.45, 7) is 8.38. The lowest BCUT2D eigenvalue weighted by Crippen LogP contribution is -2.48. The van der Waals surface area contributed by atoms with Crippen molar-refractivity contribution in [2.75, 3.05) is 26.8 Å². The third kappa shape index (κ3) is 3.19. The van der Waals surface area contributed by atoms with Crippen molar-refractivity contribution in [1.29, 1.82) is 0 Å². The van der Waals surface area contributed by atoms with Crippen LogP contribution in [0, 0.1) is 6.92 Å². The first-order valence-electron chi connectivity index (χ1n) is 7.07. The Morgan fingerprint density at radius 2 is 2.20 bits per heavy atom. The summed E-state index contributed by atoms with van der Waals surface area (Å²) in [5.41, 5.74) is 1.66. The van der Waals surface area contributed by atoms with Gasteiger partial charge in [-0.2, -0.15) is 0 Å². The second-order valence-corrected chi connectivity index (χ2v) is 5.52. The van der Waals surface area contributed by atoms with Gasteiger partial charge in [0.15, 0.2) is 5.78 Å². The maximum absolute atomic E-state index is 12.7. The molecule has 0 saturated carbocycles. The summed E-state index contributed by atoms with van der Waals surface area (Å²) in [6.07, 6.45) is -0.401. The zero-order chi connectivity index (χ0) is 14.7. The third-order valence-corrected chi connectivity index (χ3v) is 3.74. The van der Waals surface area contributed by atoms with Crippen LogP contribution in [-0.4, -0.2) is 49.6 Å². The molecule has 1 atom stereocenters. The molecule has 4 heteroatoms. The molecule has 1 aromatic carbocycles. The number of aryl methyl sites for hydroxylation is 1. The molecule has 1 heterocycles. The molecule has 1 unspecified atom stereocenters. The van der Waals surface area contributed by atoms with Crippen LogP contribution < -0.4 is 4.74 Å². The molecular weight excluding hydrogens is 254 g/mol. The van der Waals surface area contributed by atoms with Crippen LogP contribution in [0.1, 0.15) is 29.8 Å². The number of ether oxygens (including phenoxy) is 2. The summed E-state index contributed by atoms with van der Waals surface area (Å²) in [4.78, 5) is 14.9. The molecule has 0 N–H and O–H groups in total. The topological polar surface area (TPSA) is 38.8 Å². The molecule has 1 fully saturated rings. The molecule has 0 aromatic heterocycles. The fourth-order valence-corrected chi connectivity index (χ4v) is 2.48. The van der Waals surface area contributed by atoms with E-state index in [0.29, 0.717) is 30.5 Å². The minimum Gasteiger partial charge on any atom is -0.496 e. The third-order valence-electron chi connectivity index (χ3n) is 3.74. The van der Waals surface area contributed by atoms with Crippen LogP contribution in [0.3, 0.4) is 0 Å². The Labute approximate surface area is 120 Å². The van der Waals surface area contributed by atoms with Gasteiger partial charge in [0, 0.05) is 19.1 Å². The summed E-state index contributed by atoms with van der Waals surface area (Å²) in [5.74, 6) is 0.627. The Kier molecular flexibility index (Phi) is 4.78. The average molecular weight is 277 g/mol. The number of Topliss-reactive ketones (excluding diaryl/α,β-unsaturated/α-hetero) is 1. The highest BCUT2D eigenvalue weighted by atomic mass is 16.5. The van der Waals surface area contributed by atoms with Gasteiger partial charge in [0.1, 0.15) is 11.9 Å². The second-order valence-electron chi connectivity index (χ2n) is 5.52. The Bertz CT molecular complexity index is 485. The van der Waals surface area contributed by atoms with Gasteiger partial charge >= 0.3 is 0 Å². The van der Waals surface area contributed by atoms with E-state index in [9.17, 15) is 4.79 Å². The number of hydrogen-bond acceptors (Lipinski definition) is 4. The van der Waals surface area contributed by atoms with Crippen LogP contribution >= 0.6 is 0 Å². The van der Waals surface area contributed by atoms with E-state index in [-0.39, 0.29) is 5.78 Å². The highest BCUT2D eigenvalue weighted by Gasteiger charge is 2.30. The number of methoxy groups -OCH3 is 1. The van der Waals surface area contributed by atoms with Crippen molar-refractivity contribution in [3.05, 3.63) is 29.3 Å². The Hall–Kier alpha value is -1.39. The van der Waals surface area contributed by atoms with Gasteiger partial charge in [0.2, 0.25) is 0 Å². The average Bonchev–Trinajstić information content (AvgIpc) is 2.46. The molecule has 1 aromatic rings. The molecule has 0 bridgehead atoms. The number of morpholine rings is 1. The minimum absolute atomic E-state index is 0.0101. The van der Waals surface area contributed by atoms with E-state index in [2.05, 4.69) is 18.7 Å². The summed E-state index contributed by atoms with van der Waals surface area (Å²) >= 11 is 0. The molecular formula is C16H23NO3. The predicted octanol–water partition coefficient (Wildman–Crippen LogP) is 2.30. The first kappa shape index (κ1) is 15.0. The van der Waals surface area contributed by atoms with Crippen LogP contribution in [0.25, 0.3) is 0 Å². The molecule has 1 saturated heterocycles. The van der Waals surface area contributed by atoms with E-state index >= 15 is 0 Å². The number of ketones is 1. The summed E-state index contributed by atoms with van der Waals surface area (Å²) < 4.78 is 11.0. The maximum Gasteiger partial charge on any atom is 0.196 e. The SMILES string of the molecule is COc1ccc(C)cc1C(=O)C1CN(C(C)C)CCO1. The van der Waals surface area contributed by atoms with E-state index in [0.717, 1.165) is 12.1 Å².